The molecule has 0 aliphatic rings. The van der Waals surface area contributed by atoms with E-state index in [4.69, 9.17) is 21.5 Å². The van der Waals surface area contributed by atoms with Crippen LogP contribution in [0.4, 0.5) is 28.4 Å². The summed E-state index contributed by atoms with van der Waals surface area (Å²) in [5, 5.41) is 62.3. The minimum absolute atomic E-state index is 0.0166. The zero-order chi connectivity index (χ0) is 46.6. The number of aromatic hydroxyl groups is 1. The number of phenolic OH excluding ortho intramolecular Hbond substituents is 1. The van der Waals surface area contributed by atoms with Crippen molar-refractivity contribution in [2.45, 2.75) is 39.2 Å². The molecule has 0 heterocycles. The van der Waals surface area contributed by atoms with E-state index in [1.807, 2.05) is 0 Å². The molecule has 0 bridgehead atoms. The summed E-state index contributed by atoms with van der Waals surface area (Å²) in [6.45, 7) is 6.19. The molecule has 0 spiro atoms. The maximum absolute atomic E-state index is 12.8. The smallest absolute Gasteiger partial charge is 0.296 e. The van der Waals surface area contributed by atoms with Crippen LogP contribution in [0.25, 0.3) is 10.8 Å². The Labute approximate surface area is 359 Å². The summed E-state index contributed by atoms with van der Waals surface area (Å²) in [4.78, 5) is -7.35. The zero-order valence-electron chi connectivity index (χ0n) is 29.3. The van der Waals surface area contributed by atoms with Crippen molar-refractivity contribution in [3.63, 3.8) is 0 Å². The first-order valence-corrected chi connectivity index (χ1v) is 24.3. The van der Waals surface area contributed by atoms with Gasteiger partial charge in [0.05, 0.1) is 71.7 Å². The van der Waals surface area contributed by atoms with Gasteiger partial charge in [-0.05, 0) is 41.8 Å². The van der Waals surface area contributed by atoms with Gasteiger partial charge in [-0.1, -0.05) is 28.3 Å². The van der Waals surface area contributed by atoms with Gasteiger partial charge in [0.15, 0.2) is 5.75 Å². The second-order valence-corrected chi connectivity index (χ2v) is 20.9. The molecule has 0 radical (unpaired) electrons. The van der Waals surface area contributed by atoms with Crippen molar-refractivity contribution in [3.8, 4) is 5.75 Å². The van der Waals surface area contributed by atoms with Gasteiger partial charge in [-0.25, -0.2) is 32.6 Å². The lowest BCUT2D eigenvalue weighted by Crippen LogP contribution is -2.07. The van der Waals surface area contributed by atoms with Gasteiger partial charge in [-0.15, -0.1) is 33.5 Å². The summed E-state index contributed by atoms with van der Waals surface area (Å²) >= 11 is -0.0908. The summed E-state index contributed by atoms with van der Waals surface area (Å²) in [7, 11) is -25.4. The van der Waals surface area contributed by atoms with E-state index in [2.05, 4.69) is 61.7 Å². The van der Waals surface area contributed by atoms with E-state index in [0.29, 0.717) is 35.7 Å². The van der Waals surface area contributed by atoms with Crippen molar-refractivity contribution in [1.29, 1.82) is 0 Å². The second kappa shape index (κ2) is 19.6. The van der Waals surface area contributed by atoms with Crippen molar-refractivity contribution in [1.82, 2.24) is 0 Å². The third-order valence-electron chi connectivity index (χ3n) is 7.23. The zero-order valence-corrected chi connectivity index (χ0v) is 35.9. The van der Waals surface area contributed by atoms with Crippen molar-refractivity contribution in [3.05, 3.63) is 60.4 Å². The van der Waals surface area contributed by atoms with Crippen LogP contribution in [0.1, 0.15) is 0 Å². The Morgan fingerprint density at radius 1 is 0.532 bits per heavy atom. The van der Waals surface area contributed by atoms with Crippen molar-refractivity contribution >= 4 is 125 Å². The fourth-order valence-corrected chi connectivity index (χ4v) is 10.8. The predicted molar refractivity (Wildman–Crippen MR) is 207 cm³/mol. The number of nitrogens with two attached hydrogens (primary N) is 1. The average molecular weight is 1030 g/mol. The molecule has 0 amide bonds. The maximum Gasteiger partial charge on any atom is 0.296 e. The fraction of sp³-hybridized carbons (Fsp3) is 0. The summed E-state index contributed by atoms with van der Waals surface area (Å²) in [5.41, 5.74) is 1.73. The van der Waals surface area contributed by atoms with E-state index in [1.165, 1.54) is 0 Å². The Bertz CT molecular complexity index is 3110. The molecule has 4 aromatic carbocycles. The Morgan fingerprint density at radius 2 is 0.984 bits per heavy atom. The Morgan fingerprint density at radius 3 is 1.50 bits per heavy atom. The summed E-state index contributed by atoms with van der Waals surface area (Å²) in [6.07, 6.45) is 0. The van der Waals surface area contributed by atoms with Gasteiger partial charge in [-0.3, -0.25) is 13.7 Å². The van der Waals surface area contributed by atoms with Gasteiger partial charge in [0.1, 0.15) is 37.4 Å². The molecule has 4 rings (SSSR count). The van der Waals surface area contributed by atoms with Gasteiger partial charge in [0.2, 0.25) is 19.7 Å². The van der Waals surface area contributed by atoms with Crippen LogP contribution in [0.5, 0.6) is 5.75 Å². The third-order valence-corrected chi connectivity index (χ3v) is 14.8. The fourth-order valence-electron chi connectivity index (χ4n) is 4.72. The average Bonchev–Trinajstić information content (AvgIpc) is 3.19. The van der Waals surface area contributed by atoms with Crippen LogP contribution >= 0.6 is 36.1 Å². The Balaban J connectivity index is 2.11. The molecule has 62 heavy (non-hydrogen) atoms. The van der Waals surface area contributed by atoms with Gasteiger partial charge in [0, 0.05) is 10.8 Å². The van der Waals surface area contributed by atoms with Gasteiger partial charge < -0.3 is 10.8 Å². The van der Waals surface area contributed by atoms with Crippen LogP contribution in [0.3, 0.4) is 0 Å². The van der Waals surface area contributed by atoms with E-state index in [-0.39, 0.29) is 41.5 Å². The topological polar surface area (TPSA) is 443 Å². The normalized spacial score (nSPS) is 13.1. The number of anilines is 1. The Hall–Kier alpha value is -4.26. The monoisotopic (exact) mass is 1030 g/mol. The van der Waals surface area contributed by atoms with E-state index < -0.39 is 134 Å². The number of hydrogen-bond donors (Lipinski definition) is 8. The number of rotatable bonds is 20. The molecule has 0 fully saturated rings. The van der Waals surface area contributed by atoms with Crippen LogP contribution in [0.15, 0.2) is 120 Å². The van der Waals surface area contributed by atoms with Gasteiger partial charge in [-0.2, -0.15) is 25.3 Å². The highest BCUT2D eigenvalue weighted by atomic mass is 32.2. The molecule has 36 heteroatoms. The van der Waals surface area contributed by atoms with Crippen molar-refractivity contribution in [2.75, 3.05) is 5.73 Å². The number of benzene rings is 4. The molecule has 336 valence electrons. The highest BCUT2D eigenvalue weighted by Crippen LogP contribution is 2.50. The highest BCUT2D eigenvalue weighted by Gasteiger charge is 2.30. The van der Waals surface area contributed by atoms with Crippen LogP contribution in [0.2, 0.25) is 0 Å². The summed E-state index contributed by atoms with van der Waals surface area (Å²) < 4.78 is 168. The SMILES string of the molecule is C=CS(=O)(=O)c1cc(N=Nc2c(SOOO)cc3cc(S(=O)(=O)O)c(N=Nc4cc(S(=O)(=O)C=C)c(S(=O)(=O)O)cc4SOOO)c(N)c3c2O)c(S(=O)(=O)O)cc1SOOO. The first kappa shape index (κ1) is 50.4. The van der Waals surface area contributed by atoms with Crippen LogP contribution < -0.4 is 5.73 Å². The molecule has 0 aromatic heterocycles. The number of phenols is 1. The largest absolute Gasteiger partial charge is 0.505 e. The molecule has 9 N–H and O–H groups in total. The summed E-state index contributed by atoms with van der Waals surface area (Å²) in [5.74, 6) is -1.14. The number of fused-ring (bicyclic) bond motifs is 1. The third kappa shape index (κ3) is 11.3. The molecule has 0 atom stereocenters. The lowest BCUT2D eigenvalue weighted by molar-refractivity contribution is -0.432. The predicted octanol–water partition coefficient (Wildman–Crippen LogP) is 5.82. The van der Waals surface area contributed by atoms with Crippen LogP contribution in [0, 0.1) is 0 Å². The summed E-state index contributed by atoms with van der Waals surface area (Å²) in [6, 6.07) is 3.44. The molecular formula is C26H21N5O23S8. The first-order chi connectivity index (χ1) is 28.8. The minimum Gasteiger partial charge on any atom is -0.505 e. The lowest BCUT2D eigenvalue weighted by atomic mass is 10.1. The molecule has 0 saturated carbocycles. The van der Waals surface area contributed by atoms with E-state index in [0.717, 1.165) is 6.07 Å². The number of sulfone groups is 2. The number of nitrogens with zero attached hydrogens (tertiary/aromatic N) is 4. The molecular weight excluding hydrogens is 1010 g/mol. The van der Waals surface area contributed by atoms with E-state index in [1.54, 1.807) is 0 Å². The minimum atomic E-state index is -5.42. The Kier molecular flexibility index (Phi) is 16.0. The maximum atomic E-state index is 12.8. The van der Waals surface area contributed by atoms with Gasteiger partial charge in [0.25, 0.3) is 30.4 Å². The molecule has 28 nitrogen and oxygen atoms in total. The molecule has 0 aliphatic heterocycles. The van der Waals surface area contributed by atoms with Crippen LogP contribution in [-0.2, 0) is 78.1 Å². The van der Waals surface area contributed by atoms with E-state index >= 15 is 0 Å². The van der Waals surface area contributed by atoms with Crippen molar-refractivity contribution < 1.29 is 105 Å². The molecule has 0 saturated heterocycles. The van der Waals surface area contributed by atoms with Gasteiger partial charge >= 0.3 is 0 Å². The number of nitrogen functional groups attached to an aromatic ring is 1. The molecule has 4 aromatic rings. The molecule has 0 unspecified atom stereocenters. The quantitative estimate of drug-likeness (QED) is 0.0129. The number of hydrogen-bond acceptors (Lipinski definition) is 28. The second-order valence-electron chi connectivity index (χ2n) is 10.8. The number of azo groups is 2. The van der Waals surface area contributed by atoms with Crippen molar-refractivity contribution in [2.24, 2.45) is 20.5 Å². The van der Waals surface area contributed by atoms with E-state index in [9.17, 15) is 60.9 Å². The highest BCUT2D eigenvalue weighted by molar-refractivity contribution is 7.97. The first-order valence-electron chi connectivity index (χ1n) is 14.7. The lowest BCUT2D eigenvalue weighted by Gasteiger charge is -2.14. The van der Waals surface area contributed by atoms with Crippen LogP contribution in [-0.4, -0.2) is 76.6 Å². The molecule has 0 aliphatic carbocycles. The standard InChI is InChI=1S/C26H21N5O23S8/c1-3-58(36,37)18-8-13(17(60(40,41)42)10-15(18)56-53-50-34)29-30-24-16(57-54-51-35)5-11-6-21(62(46,47)48)25(23(27)22(11)26(24)32)31-28-12-7-19(59(38,39)4-2)20(61(43,44)45)9-14(12)55-52-49-33/h3-10,32-35H,1-2,27H2,(H,40,41,42)(H,43,44,45)(H,46,47,48).